The largest absolute Gasteiger partial charge is 0.335 e. The number of aromatic nitrogens is 2. The molecule has 0 radical (unpaired) electrons. The standard InChI is InChI=1S/C59H40N4/c1-61-53-24-11-10-23-50(53)58(46-21-13-20-40(32-46)38-14-3-2-4-15-38)60-59(61)63-56-37-45(27-30-49(56)52-34-42-18-7-8-19-43(42)36-57(52)63)44-28-31-55-51(35-44)48-22-9-12-25-54(48)62(55)47-29-26-39-16-5-6-17-41(39)33-47/h2-37,59H,1H3. The van der Waals surface area contributed by atoms with E-state index in [0.717, 1.165) is 39.2 Å². The quantitative estimate of drug-likeness (QED) is 0.170. The van der Waals surface area contributed by atoms with Crippen LogP contribution < -0.4 is 4.90 Å². The van der Waals surface area contributed by atoms with Gasteiger partial charge >= 0.3 is 0 Å². The molecule has 0 bridgehead atoms. The van der Waals surface area contributed by atoms with Gasteiger partial charge in [-0.05, 0) is 104 Å². The molecule has 1 atom stereocenters. The van der Waals surface area contributed by atoms with Crippen molar-refractivity contribution in [3.05, 3.63) is 230 Å². The highest BCUT2D eigenvalue weighted by molar-refractivity contribution is 6.18. The van der Waals surface area contributed by atoms with Crippen molar-refractivity contribution in [1.82, 2.24) is 9.13 Å². The maximum atomic E-state index is 5.76. The number of para-hydroxylation sites is 2. The summed E-state index contributed by atoms with van der Waals surface area (Å²) in [6, 6.07) is 79.7. The van der Waals surface area contributed by atoms with E-state index in [9.17, 15) is 0 Å². The van der Waals surface area contributed by atoms with E-state index in [4.69, 9.17) is 4.99 Å². The van der Waals surface area contributed by atoms with E-state index in [2.05, 4.69) is 239 Å². The summed E-state index contributed by atoms with van der Waals surface area (Å²) in [6.07, 6.45) is -0.353. The molecule has 12 aromatic rings. The molecule has 0 aliphatic carbocycles. The second-order valence-corrected chi connectivity index (χ2v) is 16.8. The first-order valence-electron chi connectivity index (χ1n) is 21.7. The Hall–Kier alpha value is -8.21. The number of nitrogens with zero attached hydrogens (tertiary/aromatic N) is 4. The van der Waals surface area contributed by atoms with Crippen LogP contribution in [0.15, 0.2) is 223 Å². The lowest BCUT2D eigenvalue weighted by Gasteiger charge is -2.35. The molecule has 0 saturated heterocycles. The zero-order valence-corrected chi connectivity index (χ0v) is 34.7. The van der Waals surface area contributed by atoms with Crippen LogP contribution in [-0.4, -0.2) is 21.9 Å². The molecule has 296 valence electrons. The fraction of sp³-hybridized carbons (Fsp3) is 0.0339. The second-order valence-electron chi connectivity index (χ2n) is 16.8. The summed E-state index contributed by atoms with van der Waals surface area (Å²) in [4.78, 5) is 8.10. The molecule has 63 heavy (non-hydrogen) atoms. The van der Waals surface area contributed by atoms with Gasteiger partial charge < -0.3 is 14.0 Å². The van der Waals surface area contributed by atoms with Crippen molar-refractivity contribution in [2.24, 2.45) is 4.99 Å². The highest BCUT2D eigenvalue weighted by atomic mass is 15.4. The summed E-state index contributed by atoms with van der Waals surface area (Å²) in [7, 11) is 2.19. The van der Waals surface area contributed by atoms with Crippen molar-refractivity contribution in [2.45, 2.75) is 6.29 Å². The summed E-state index contributed by atoms with van der Waals surface area (Å²) >= 11 is 0. The first-order chi connectivity index (χ1) is 31.1. The van der Waals surface area contributed by atoms with Crippen molar-refractivity contribution < 1.29 is 0 Å². The van der Waals surface area contributed by atoms with Crippen LogP contribution >= 0.6 is 0 Å². The fourth-order valence-electron chi connectivity index (χ4n) is 10.2. The normalized spacial score (nSPS) is 14.0. The summed E-state index contributed by atoms with van der Waals surface area (Å²) in [5.74, 6) is 0. The number of hydrogen-bond donors (Lipinski definition) is 0. The van der Waals surface area contributed by atoms with Gasteiger partial charge in [-0.15, -0.1) is 0 Å². The van der Waals surface area contributed by atoms with Crippen molar-refractivity contribution in [3.8, 4) is 27.9 Å². The van der Waals surface area contributed by atoms with Crippen LogP contribution in [-0.2, 0) is 0 Å². The molecule has 0 spiro atoms. The molecule has 1 aliphatic heterocycles. The molecule has 4 heteroatoms. The van der Waals surface area contributed by atoms with Crippen molar-refractivity contribution in [3.63, 3.8) is 0 Å². The zero-order valence-electron chi connectivity index (χ0n) is 34.7. The van der Waals surface area contributed by atoms with Crippen LogP contribution in [0.2, 0.25) is 0 Å². The second kappa shape index (κ2) is 13.9. The van der Waals surface area contributed by atoms with Crippen molar-refractivity contribution in [1.29, 1.82) is 0 Å². The smallest absolute Gasteiger partial charge is 0.203 e. The molecule has 0 N–H and O–H groups in total. The third-order valence-corrected chi connectivity index (χ3v) is 13.3. The number of fused-ring (bicyclic) bond motifs is 9. The SMILES string of the molecule is CN1c2ccccc2C(c2cccc(-c3ccccc3)c2)=NC1n1c2cc(-c3ccc4c(c3)c3ccccc3n4-c3ccc4ccccc4c3)ccc2c2cc3ccccc3cc21. The van der Waals surface area contributed by atoms with Gasteiger partial charge in [0.25, 0.3) is 0 Å². The van der Waals surface area contributed by atoms with E-state index in [-0.39, 0.29) is 6.29 Å². The summed E-state index contributed by atoms with van der Waals surface area (Å²) in [6.45, 7) is 0. The van der Waals surface area contributed by atoms with E-state index in [1.807, 2.05) is 0 Å². The van der Waals surface area contributed by atoms with Crippen molar-refractivity contribution >= 4 is 76.6 Å². The number of hydrogen-bond acceptors (Lipinski definition) is 2. The topological polar surface area (TPSA) is 25.5 Å². The third-order valence-electron chi connectivity index (χ3n) is 13.3. The first-order valence-corrected chi connectivity index (χ1v) is 21.7. The molecule has 1 unspecified atom stereocenters. The van der Waals surface area contributed by atoms with Crippen LogP contribution in [0.4, 0.5) is 5.69 Å². The molecule has 1 aliphatic rings. The molecule has 10 aromatic carbocycles. The highest BCUT2D eigenvalue weighted by Crippen LogP contribution is 2.43. The molecular formula is C59H40N4. The minimum atomic E-state index is -0.353. The van der Waals surface area contributed by atoms with Gasteiger partial charge in [0.05, 0.1) is 27.8 Å². The number of aliphatic imine (C=N–C) groups is 1. The summed E-state index contributed by atoms with van der Waals surface area (Å²) in [5, 5.41) is 9.82. The molecule has 3 heterocycles. The maximum Gasteiger partial charge on any atom is 0.203 e. The van der Waals surface area contributed by atoms with Gasteiger partial charge in [0.2, 0.25) is 6.29 Å². The minimum absolute atomic E-state index is 0.353. The van der Waals surface area contributed by atoms with E-state index in [0.29, 0.717) is 0 Å². The Bertz CT molecular complexity index is 3830. The Morgan fingerprint density at radius 1 is 0.365 bits per heavy atom. The Labute approximate surface area is 364 Å². The average molecular weight is 805 g/mol. The van der Waals surface area contributed by atoms with E-state index >= 15 is 0 Å². The Balaban J connectivity index is 1.02. The lowest BCUT2D eigenvalue weighted by Crippen LogP contribution is -2.33. The fourth-order valence-corrected chi connectivity index (χ4v) is 10.2. The molecule has 0 amide bonds. The lowest BCUT2D eigenvalue weighted by molar-refractivity contribution is 0.540. The molecule has 0 fully saturated rings. The van der Waals surface area contributed by atoms with E-state index in [1.165, 1.54) is 76.4 Å². The van der Waals surface area contributed by atoms with Gasteiger partial charge in [-0.2, -0.15) is 0 Å². The van der Waals surface area contributed by atoms with Crippen LogP contribution in [0.5, 0.6) is 0 Å². The molecule has 13 rings (SSSR count). The monoisotopic (exact) mass is 804 g/mol. The van der Waals surface area contributed by atoms with Gasteiger partial charge in [0, 0.05) is 51.1 Å². The maximum absolute atomic E-state index is 5.76. The minimum Gasteiger partial charge on any atom is -0.335 e. The van der Waals surface area contributed by atoms with Crippen LogP contribution in [0.25, 0.3) is 93.1 Å². The Morgan fingerprint density at radius 3 is 1.84 bits per heavy atom. The van der Waals surface area contributed by atoms with Crippen LogP contribution in [0, 0.1) is 0 Å². The van der Waals surface area contributed by atoms with Crippen molar-refractivity contribution in [2.75, 3.05) is 11.9 Å². The zero-order chi connectivity index (χ0) is 41.6. The van der Waals surface area contributed by atoms with Gasteiger partial charge in [0.15, 0.2) is 0 Å². The summed E-state index contributed by atoms with van der Waals surface area (Å²) < 4.78 is 4.89. The molecule has 0 saturated carbocycles. The Morgan fingerprint density at radius 2 is 0.968 bits per heavy atom. The van der Waals surface area contributed by atoms with Crippen LogP contribution in [0.3, 0.4) is 0 Å². The average Bonchev–Trinajstić information content (AvgIpc) is 3.85. The lowest BCUT2D eigenvalue weighted by atomic mass is 9.95. The van der Waals surface area contributed by atoms with Gasteiger partial charge in [0.1, 0.15) is 0 Å². The summed E-state index contributed by atoms with van der Waals surface area (Å²) in [5.41, 5.74) is 14.9. The number of rotatable bonds is 5. The number of anilines is 1. The van der Waals surface area contributed by atoms with Gasteiger partial charge in [-0.25, -0.2) is 4.99 Å². The predicted molar refractivity (Wildman–Crippen MR) is 266 cm³/mol. The predicted octanol–water partition coefficient (Wildman–Crippen LogP) is 15.0. The first kappa shape index (κ1) is 35.5. The Kier molecular flexibility index (Phi) is 7.85. The van der Waals surface area contributed by atoms with Gasteiger partial charge in [-0.3, -0.25) is 0 Å². The molecular weight excluding hydrogens is 765 g/mol. The van der Waals surface area contributed by atoms with E-state index < -0.39 is 0 Å². The van der Waals surface area contributed by atoms with E-state index in [1.54, 1.807) is 0 Å². The highest BCUT2D eigenvalue weighted by Gasteiger charge is 2.30. The molecule has 4 nitrogen and oxygen atoms in total. The van der Waals surface area contributed by atoms with Crippen LogP contribution in [0.1, 0.15) is 17.4 Å². The van der Waals surface area contributed by atoms with Gasteiger partial charge in [-0.1, -0.05) is 158 Å². The number of benzene rings is 10. The molecule has 2 aromatic heterocycles. The third kappa shape index (κ3) is 5.58.